The average molecular weight is 398 g/mol. The topological polar surface area (TPSA) is 46.9 Å². The quantitative estimate of drug-likeness (QED) is 0.466. The van der Waals surface area contributed by atoms with Crippen LogP contribution < -0.4 is 5.32 Å². The van der Waals surface area contributed by atoms with Gasteiger partial charge in [-0.3, -0.25) is 4.79 Å². The number of nitrogens with zero attached hydrogens (tertiary/aromatic N) is 2. The van der Waals surface area contributed by atoms with E-state index in [4.69, 9.17) is 4.98 Å². The Hall–Kier alpha value is -3.40. The Labute approximate surface area is 177 Å². The van der Waals surface area contributed by atoms with Crippen LogP contribution in [0.3, 0.4) is 0 Å². The van der Waals surface area contributed by atoms with Gasteiger partial charge in [-0.15, -0.1) is 0 Å². The van der Waals surface area contributed by atoms with Gasteiger partial charge >= 0.3 is 0 Å². The van der Waals surface area contributed by atoms with Crippen molar-refractivity contribution in [3.63, 3.8) is 0 Å². The zero-order valence-electron chi connectivity index (χ0n) is 17.5. The van der Waals surface area contributed by atoms with E-state index < -0.39 is 0 Å². The minimum atomic E-state index is -0.0197. The van der Waals surface area contributed by atoms with Crippen LogP contribution in [0.1, 0.15) is 47.6 Å². The Morgan fingerprint density at radius 1 is 0.933 bits per heavy atom. The SMILES string of the molecule is CC[C@@H](C)NC(=O)c1ccc(Cn2c(Cc3ccccc3)nc3ccccc32)cc1. The fraction of sp³-hybridized carbons (Fsp3) is 0.231. The van der Waals surface area contributed by atoms with Gasteiger partial charge in [0.05, 0.1) is 11.0 Å². The van der Waals surface area contributed by atoms with Crippen LogP contribution in [0.4, 0.5) is 0 Å². The summed E-state index contributed by atoms with van der Waals surface area (Å²) in [5.74, 6) is 1.02. The summed E-state index contributed by atoms with van der Waals surface area (Å²) in [6, 6.07) is 26.7. The van der Waals surface area contributed by atoms with Gasteiger partial charge in [-0.25, -0.2) is 4.98 Å². The van der Waals surface area contributed by atoms with Crippen LogP contribution in [-0.4, -0.2) is 21.5 Å². The van der Waals surface area contributed by atoms with Crippen LogP contribution in [0.2, 0.25) is 0 Å². The second-order valence-electron chi connectivity index (χ2n) is 7.74. The lowest BCUT2D eigenvalue weighted by atomic mass is 10.1. The van der Waals surface area contributed by atoms with Crippen LogP contribution in [0, 0.1) is 0 Å². The van der Waals surface area contributed by atoms with Crippen LogP contribution in [0.5, 0.6) is 0 Å². The highest BCUT2D eigenvalue weighted by Gasteiger charge is 2.13. The highest BCUT2D eigenvalue weighted by molar-refractivity contribution is 5.94. The molecule has 0 saturated heterocycles. The van der Waals surface area contributed by atoms with Gasteiger partial charge in [0.25, 0.3) is 5.91 Å². The monoisotopic (exact) mass is 397 g/mol. The molecule has 1 aromatic heterocycles. The predicted molar refractivity (Wildman–Crippen MR) is 122 cm³/mol. The zero-order valence-corrected chi connectivity index (χ0v) is 17.5. The van der Waals surface area contributed by atoms with Crippen molar-refractivity contribution in [3.8, 4) is 0 Å². The van der Waals surface area contributed by atoms with Crippen molar-refractivity contribution in [1.82, 2.24) is 14.9 Å². The van der Waals surface area contributed by atoms with E-state index >= 15 is 0 Å². The van der Waals surface area contributed by atoms with Crippen LogP contribution in [0.15, 0.2) is 78.9 Å². The van der Waals surface area contributed by atoms with E-state index in [0.29, 0.717) is 5.56 Å². The van der Waals surface area contributed by atoms with Crippen LogP contribution in [0.25, 0.3) is 11.0 Å². The maximum absolute atomic E-state index is 12.3. The number of carbonyl (C=O) groups is 1. The van der Waals surface area contributed by atoms with Crippen molar-refractivity contribution in [3.05, 3.63) is 101 Å². The first kappa shape index (κ1) is 19.9. The van der Waals surface area contributed by atoms with Gasteiger partial charge < -0.3 is 9.88 Å². The van der Waals surface area contributed by atoms with E-state index in [-0.39, 0.29) is 11.9 Å². The van der Waals surface area contributed by atoms with E-state index in [1.807, 2.05) is 43.3 Å². The van der Waals surface area contributed by atoms with Crippen molar-refractivity contribution in [2.45, 2.75) is 39.3 Å². The number of benzene rings is 3. The molecule has 152 valence electrons. The maximum Gasteiger partial charge on any atom is 0.251 e. The first-order valence-corrected chi connectivity index (χ1v) is 10.5. The molecule has 4 aromatic rings. The smallest absolute Gasteiger partial charge is 0.251 e. The largest absolute Gasteiger partial charge is 0.350 e. The van der Waals surface area contributed by atoms with Gasteiger partial charge in [0.1, 0.15) is 5.82 Å². The van der Waals surface area contributed by atoms with E-state index in [1.54, 1.807) is 0 Å². The summed E-state index contributed by atoms with van der Waals surface area (Å²) in [4.78, 5) is 17.2. The van der Waals surface area contributed by atoms with Gasteiger partial charge in [-0.1, -0.05) is 61.5 Å². The third kappa shape index (κ3) is 4.43. The molecule has 0 unspecified atom stereocenters. The number of aromatic nitrogens is 2. The number of amides is 1. The summed E-state index contributed by atoms with van der Waals surface area (Å²) in [5, 5.41) is 3.02. The summed E-state index contributed by atoms with van der Waals surface area (Å²) in [6.07, 6.45) is 1.70. The molecule has 4 rings (SSSR count). The van der Waals surface area contributed by atoms with Crippen molar-refractivity contribution >= 4 is 16.9 Å². The summed E-state index contributed by atoms with van der Waals surface area (Å²) >= 11 is 0. The van der Waals surface area contributed by atoms with Gasteiger partial charge in [0.15, 0.2) is 0 Å². The molecule has 0 radical (unpaired) electrons. The van der Waals surface area contributed by atoms with Crippen molar-refractivity contribution < 1.29 is 4.79 Å². The maximum atomic E-state index is 12.3. The van der Waals surface area contributed by atoms with Crippen molar-refractivity contribution in [2.24, 2.45) is 0 Å². The Balaban J connectivity index is 1.60. The van der Waals surface area contributed by atoms with Gasteiger partial charge in [0.2, 0.25) is 0 Å². The molecule has 0 fully saturated rings. The summed E-state index contributed by atoms with van der Waals surface area (Å²) in [6.45, 7) is 4.80. The zero-order chi connectivity index (χ0) is 20.9. The first-order chi connectivity index (χ1) is 14.6. The molecule has 0 aliphatic rings. The Bertz CT molecular complexity index is 1130. The van der Waals surface area contributed by atoms with E-state index in [9.17, 15) is 4.79 Å². The minimum Gasteiger partial charge on any atom is -0.350 e. The molecule has 4 nitrogen and oxygen atoms in total. The Morgan fingerprint density at radius 2 is 1.63 bits per heavy atom. The second-order valence-corrected chi connectivity index (χ2v) is 7.74. The molecule has 0 saturated carbocycles. The third-order valence-corrected chi connectivity index (χ3v) is 5.49. The fourth-order valence-corrected chi connectivity index (χ4v) is 3.57. The molecule has 1 heterocycles. The number of hydrogen-bond donors (Lipinski definition) is 1. The van der Waals surface area contributed by atoms with Gasteiger partial charge in [-0.2, -0.15) is 0 Å². The number of carbonyl (C=O) groups excluding carboxylic acids is 1. The highest BCUT2D eigenvalue weighted by Crippen LogP contribution is 2.20. The number of fused-ring (bicyclic) bond motifs is 1. The van der Waals surface area contributed by atoms with Crippen LogP contribution >= 0.6 is 0 Å². The fourth-order valence-electron chi connectivity index (χ4n) is 3.57. The Morgan fingerprint density at radius 3 is 2.37 bits per heavy atom. The molecular formula is C26H27N3O. The highest BCUT2D eigenvalue weighted by atomic mass is 16.1. The summed E-state index contributed by atoms with van der Waals surface area (Å²) in [5.41, 5.74) is 5.22. The van der Waals surface area contributed by atoms with E-state index in [1.165, 1.54) is 5.56 Å². The number of para-hydroxylation sites is 2. The molecule has 0 bridgehead atoms. The van der Waals surface area contributed by atoms with E-state index in [2.05, 4.69) is 59.3 Å². The second kappa shape index (κ2) is 8.95. The average Bonchev–Trinajstić information content (AvgIpc) is 3.11. The van der Waals surface area contributed by atoms with E-state index in [0.717, 1.165) is 41.8 Å². The molecule has 3 aromatic carbocycles. The number of nitrogens with one attached hydrogen (secondary N) is 1. The standard InChI is InChI=1S/C26H27N3O/c1-3-19(2)27-26(30)22-15-13-21(14-16-22)18-29-24-12-8-7-11-23(24)28-25(29)17-20-9-5-4-6-10-20/h4-16,19H,3,17-18H2,1-2H3,(H,27,30)/t19-/m1/s1. The molecule has 1 N–H and O–H groups in total. The molecular weight excluding hydrogens is 370 g/mol. The number of rotatable bonds is 7. The molecule has 1 amide bonds. The van der Waals surface area contributed by atoms with Gasteiger partial charge in [-0.05, 0) is 48.7 Å². The molecule has 0 aliphatic heterocycles. The predicted octanol–water partition coefficient (Wildman–Crippen LogP) is 5.20. The lowest BCUT2D eigenvalue weighted by Gasteiger charge is -2.13. The Kier molecular flexibility index (Phi) is 5.94. The molecule has 0 aliphatic carbocycles. The summed E-state index contributed by atoms with van der Waals surface area (Å²) in [7, 11) is 0. The molecule has 4 heteroatoms. The lowest BCUT2D eigenvalue weighted by Crippen LogP contribution is -2.31. The molecule has 0 spiro atoms. The number of imidazole rings is 1. The minimum absolute atomic E-state index is 0.0197. The normalized spacial score (nSPS) is 12.1. The molecule has 30 heavy (non-hydrogen) atoms. The number of hydrogen-bond acceptors (Lipinski definition) is 2. The van der Waals surface area contributed by atoms with Gasteiger partial charge in [0, 0.05) is 24.6 Å². The lowest BCUT2D eigenvalue weighted by molar-refractivity contribution is 0.0939. The van der Waals surface area contributed by atoms with Crippen LogP contribution in [-0.2, 0) is 13.0 Å². The molecule has 1 atom stereocenters. The first-order valence-electron chi connectivity index (χ1n) is 10.5. The third-order valence-electron chi connectivity index (χ3n) is 5.49. The summed E-state index contributed by atoms with van der Waals surface area (Å²) < 4.78 is 2.27. The van der Waals surface area contributed by atoms with Crippen molar-refractivity contribution in [2.75, 3.05) is 0 Å². The van der Waals surface area contributed by atoms with Crippen molar-refractivity contribution in [1.29, 1.82) is 0 Å².